The highest BCUT2D eigenvalue weighted by Gasteiger charge is 2.26. The number of allylic oxidation sites excluding steroid dienone is 2. The smallest absolute Gasteiger partial charge is 0.127 e. The third-order valence-corrected chi connectivity index (χ3v) is 7.05. The van der Waals surface area contributed by atoms with E-state index in [4.69, 9.17) is 5.41 Å². The fraction of sp³-hybridized carbons (Fsp3) is 0.520. The lowest BCUT2D eigenvalue weighted by Gasteiger charge is -2.25. The number of aromatic nitrogens is 3. The maximum Gasteiger partial charge on any atom is 0.127 e. The molecule has 1 aromatic rings. The van der Waals surface area contributed by atoms with Gasteiger partial charge >= 0.3 is 0 Å². The lowest BCUT2D eigenvalue weighted by atomic mass is 9.87. The topological polar surface area (TPSA) is 94.2 Å². The fourth-order valence-corrected chi connectivity index (χ4v) is 5.13. The van der Waals surface area contributed by atoms with Crippen LogP contribution in [-0.2, 0) is 6.54 Å². The molecule has 8 nitrogen and oxygen atoms in total. The van der Waals surface area contributed by atoms with E-state index in [1.807, 2.05) is 17.0 Å². The number of hydrogen-bond donors (Lipinski definition) is 3. The molecule has 0 bridgehead atoms. The number of fused-ring (bicyclic) bond motifs is 1. The average molecular weight is 447 g/mol. The van der Waals surface area contributed by atoms with E-state index in [0.29, 0.717) is 6.54 Å². The molecule has 1 saturated carbocycles. The molecule has 1 fully saturated rings. The Morgan fingerprint density at radius 3 is 2.94 bits per heavy atom. The minimum Gasteiger partial charge on any atom is -0.362 e. The summed E-state index contributed by atoms with van der Waals surface area (Å²) in [5, 5.41) is 23.6. The minimum atomic E-state index is -0.0571. The molecule has 4 heterocycles. The first kappa shape index (κ1) is 21.8. The fourth-order valence-electron chi connectivity index (χ4n) is 5.13. The summed E-state index contributed by atoms with van der Waals surface area (Å²) < 4.78 is 1.83. The van der Waals surface area contributed by atoms with Gasteiger partial charge in [-0.2, -0.15) is 0 Å². The van der Waals surface area contributed by atoms with E-state index in [0.717, 1.165) is 36.1 Å². The first-order valence-corrected chi connectivity index (χ1v) is 12.2. The molecule has 0 saturated heterocycles. The Morgan fingerprint density at radius 2 is 2.09 bits per heavy atom. The predicted octanol–water partition coefficient (Wildman–Crippen LogP) is 3.19. The lowest BCUT2D eigenvalue weighted by molar-refractivity contribution is 0.345. The number of nitrogens with one attached hydrogen (secondary N) is 3. The second-order valence-electron chi connectivity index (χ2n) is 9.60. The van der Waals surface area contributed by atoms with Crippen molar-refractivity contribution in [3.05, 3.63) is 60.0 Å². The Bertz CT molecular complexity index is 1010. The van der Waals surface area contributed by atoms with Crippen molar-refractivity contribution in [1.82, 2.24) is 30.5 Å². The molecule has 0 amide bonds. The summed E-state index contributed by atoms with van der Waals surface area (Å²) in [7, 11) is 0. The summed E-state index contributed by atoms with van der Waals surface area (Å²) >= 11 is 0. The number of hydrogen-bond acceptors (Lipinski definition) is 7. The molecule has 0 spiro atoms. The van der Waals surface area contributed by atoms with E-state index in [2.05, 4.69) is 62.3 Å². The van der Waals surface area contributed by atoms with Crippen molar-refractivity contribution >= 4 is 11.9 Å². The molecular weight excluding hydrogens is 412 g/mol. The standard InChI is InChI=1S/C25H34N8/c1-18-9-10-28-25(22(18)11-26)23-17-33(31-30-23)16-21-15-32-14-20(7-8-24(32)29-21)13-27-12-19-5-3-2-4-6-19/h7-11,14-15,17-19,22,24,26-27,29H,2-6,12-13,16H2,1H3. The van der Waals surface area contributed by atoms with Gasteiger partial charge in [0, 0.05) is 37.3 Å². The zero-order valence-corrected chi connectivity index (χ0v) is 19.3. The zero-order valence-electron chi connectivity index (χ0n) is 19.3. The largest absolute Gasteiger partial charge is 0.362 e. The molecule has 0 radical (unpaired) electrons. The molecule has 3 atom stereocenters. The molecule has 174 valence electrons. The summed E-state index contributed by atoms with van der Waals surface area (Å²) in [6, 6.07) is 0. The molecule has 33 heavy (non-hydrogen) atoms. The summed E-state index contributed by atoms with van der Waals surface area (Å²) in [5.74, 6) is 1.03. The summed E-state index contributed by atoms with van der Waals surface area (Å²) in [4.78, 5) is 6.71. The van der Waals surface area contributed by atoms with Gasteiger partial charge in [0.25, 0.3) is 0 Å². The van der Waals surface area contributed by atoms with Crippen LogP contribution in [0.25, 0.3) is 0 Å². The first-order valence-electron chi connectivity index (χ1n) is 12.2. The average Bonchev–Trinajstić information content (AvgIpc) is 3.46. The van der Waals surface area contributed by atoms with E-state index in [1.165, 1.54) is 43.9 Å². The number of nitrogens with zero attached hydrogens (tertiary/aromatic N) is 5. The molecule has 4 aliphatic rings. The quantitative estimate of drug-likeness (QED) is 0.533. The van der Waals surface area contributed by atoms with Crippen LogP contribution in [0.4, 0.5) is 0 Å². The minimum absolute atomic E-state index is 0.0571. The van der Waals surface area contributed by atoms with E-state index in [-0.39, 0.29) is 18.0 Å². The van der Waals surface area contributed by atoms with Crippen molar-refractivity contribution in [2.75, 3.05) is 13.1 Å². The van der Waals surface area contributed by atoms with Gasteiger partial charge in [0.1, 0.15) is 11.9 Å². The molecule has 3 N–H and O–H groups in total. The molecule has 3 aliphatic heterocycles. The van der Waals surface area contributed by atoms with Crippen LogP contribution in [0.3, 0.4) is 0 Å². The van der Waals surface area contributed by atoms with E-state index in [9.17, 15) is 0 Å². The van der Waals surface area contributed by atoms with Crippen LogP contribution >= 0.6 is 0 Å². The highest BCUT2D eigenvalue weighted by molar-refractivity contribution is 6.09. The molecule has 5 rings (SSSR count). The summed E-state index contributed by atoms with van der Waals surface area (Å²) in [6.07, 6.45) is 23.1. The van der Waals surface area contributed by atoms with Crippen molar-refractivity contribution in [2.24, 2.45) is 22.7 Å². The van der Waals surface area contributed by atoms with E-state index in [1.54, 1.807) is 6.20 Å². The first-order chi connectivity index (χ1) is 16.2. The third kappa shape index (κ3) is 5.00. The van der Waals surface area contributed by atoms with Crippen molar-refractivity contribution in [1.29, 1.82) is 5.41 Å². The van der Waals surface area contributed by atoms with E-state index >= 15 is 0 Å². The maximum atomic E-state index is 7.76. The molecule has 1 aliphatic carbocycles. The van der Waals surface area contributed by atoms with Gasteiger partial charge in [0.2, 0.25) is 0 Å². The normalized spacial score (nSPS) is 27.0. The van der Waals surface area contributed by atoms with Gasteiger partial charge in [-0.25, -0.2) is 4.68 Å². The number of aliphatic imine (C=N–C) groups is 1. The van der Waals surface area contributed by atoms with Crippen LogP contribution < -0.4 is 10.6 Å². The second kappa shape index (κ2) is 9.87. The van der Waals surface area contributed by atoms with Crippen molar-refractivity contribution in [3.63, 3.8) is 0 Å². The monoisotopic (exact) mass is 446 g/mol. The van der Waals surface area contributed by atoms with Gasteiger partial charge < -0.3 is 20.9 Å². The van der Waals surface area contributed by atoms with Crippen molar-refractivity contribution < 1.29 is 0 Å². The van der Waals surface area contributed by atoms with Gasteiger partial charge in [-0.05, 0) is 42.9 Å². The van der Waals surface area contributed by atoms with Gasteiger partial charge in [0.05, 0.1) is 24.2 Å². The van der Waals surface area contributed by atoms with Gasteiger partial charge in [-0.3, -0.25) is 4.99 Å². The molecular formula is C25H34N8. The van der Waals surface area contributed by atoms with Crippen LogP contribution in [0.5, 0.6) is 0 Å². The van der Waals surface area contributed by atoms with E-state index < -0.39 is 0 Å². The SMILES string of the molecule is CC1C=CN=C(c2cn(CC3=CN4C=C(CNCC5CCCCC5)C=CC4N3)nn2)C1C=N. The molecule has 0 aromatic carbocycles. The van der Waals surface area contributed by atoms with Crippen LogP contribution in [-0.4, -0.2) is 51.1 Å². The van der Waals surface area contributed by atoms with Gasteiger partial charge in [-0.15, -0.1) is 5.10 Å². The Labute approximate surface area is 195 Å². The summed E-state index contributed by atoms with van der Waals surface area (Å²) in [5.41, 5.74) is 3.95. The molecule has 1 aromatic heterocycles. The Balaban J connectivity index is 1.17. The number of rotatable bonds is 8. The Hall–Kier alpha value is -3.00. The van der Waals surface area contributed by atoms with Crippen LogP contribution in [0.15, 0.2) is 59.3 Å². The third-order valence-electron chi connectivity index (χ3n) is 7.05. The van der Waals surface area contributed by atoms with Crippen LogP contribution in [0.2, 0.25) is 0 Å². The van der Waals surface area contributed by atoms with Crippen LogP contribution in [0.1, 0.15) is 44.7 Å². The van der Waals surface area contributed by atoms with Crippen LogP contribution in [0, 0.1) is 23.2 Å². The van der Waals surface area contributed by atoms with Gasteiger partial charge in [-0.1, -0.05) is 43.6 Å². The predicted molar refractivity (Wildman–Crippen MR) is 131 cm³/mol. The lowest BCUT2D eigenvalue weighted by Crippen LogP contribution is -2.34. The second-order valence-corrected chi connectivity index (χ2v) is 9.60. The molecule has 8 heteroatoms. The highest BCUT2D eigenvalue weighted by atomic mass is 15.4. The maximum absolute atomic E-state index is 7.76. The van der Waals surface area contributed by atoms with Crippen molar-refractivity contribution in [2.45, 2.75) is 51.7 Å². The highest BCUT2D eigenvalue weighted by Crippen LogP contribution is 2.24. The molecule has 3 unspecified atom stereocenters. The zero-order chi connectivity index (χ0) is 22.6. The summed E-state index contributed by atoms with van der Waals surface area (Å²) in [6.45, 7) is 4.75. The van der Waals surface area contributed by atoms with Crippen molar-refractivity contribution in [3.8, 4) is 0 Å². The Kier molecular flexibility index (Phi) is 6.53. The van der Waals surface area contributed by atoms with Gasteiger partial charge in [0.15, 0.2) is 0 Å². The Morgan fingerprint density at radius 1 is 1.21 bits per heavy atom.